The average molecular weight is 375 g/mol. The van der Waals surface area contributed by atoms with E-state index in [0.717, 1.165) is 37.7 Å². The number of benzene rings is 1. The molecule has 0 aliphatic carbocycles. The zero-order chi connectivity index (χ0) is 19.6. The van der Waals surface area contributed by atoms with Crippen LogP contribution in [0.3, 0.4) is 0 Å². The Hall–Kier alpha value is -2.74. The Morgan fingerprint density at radius 2 is 1.67 bits per heavy atom. The van der Waals surface area contributed by atoms with Gasteiger partial charge in [0.1, 0.15) is 5.82 Å². The first kappa shape index (κ1) is 20.6. The molecule has 148 valence electrons. The Bertz CT molecular complexity index is 697. The minimum Gasteiger partial charge on any atom is -0.493 e. The molecule has 0 spiro atoms. The van der Waals surface area contributed by atoms with E-state index in [1.54, 1.807) is 27.5 Å². The quantitative estimate of drug-likeness (QED) is 0.620. The predicted octanol–water partition coefficient (Wildman–Crippen LogP) is 3.00. The molecule has 0 saturated carbocycles. The van der Waals surface area contributed by atoms with Crippen LogP contribution in [-0.4, -0.2) is 62.4 Å². The summed E-state index contributed by atoms with van der Waals surface area (Å²) in [5.41, 5.74) is 0.741. The fourth-order valence-corrected chi connectivity index (χ4v) is 2.68. The van der Waals surface area contributed by atoms with Crippen LogP contribution in [0.2, 0.25) is 0 Å². The molecule has 1 aromatic carbocycles. The van der Waals surface area contributed by atoms with Gasteiger partial charge in [0.25, 0.3) is 0 Å². The van der Waals surface area contributed by atoms with Crippen molar-refractivity contribution in [1.82, 2.24) is 14.9 Å². The van der Waals surface area contributed by atoms with E-state index in [4.69, 9.17) is 14.2 Å². The first-order chi connectivity index (χ1) is 13.1. The summed E-state index contributed by atoms with van der Waals surface area (Å²) >= 11 is 0. The summed E-state index contributed by atoms with van der Waals surface area (Å²) in [5, 5.41) is 6.51. The van der Waals surface area contributed by atoms with E-state index >= 15 is 0 Å². The zero-order valence-corrected chi connectivity index (χ0v) is 16.7. The van der Waals surface area contributed by atoms with Crippen molar-refractivity contribution in [3.05, 3.63) is 24.4 Å². The van der Waals surface area contributed by atoms with E-state index in [1.165, 1.54) is 0 Å². The topological polar surface area (TPSA) is 80.8 Å². The second-order valence-corrected chi connectivity index (χ2v) is 5.76. The van der Waals surface area contributed by atoms with Crippen molar-refractivity contribution < 1.29 is 14.2 Å². The fourth-order valence-electron chi connectivity index (χ4n) is 2.68. The third kappa shape index (κ3) is 5.62. The number of hydrogen-bond donors (Lipinski definition) is 2. The lowest BCUT2D eigenvalue weighted by molar-refractivity contribution is 0.316. The Morgan fingerprint density at radius 1 is 1.00 bits per heavy atom. The van der Waals surface area contributed by atoms with Gasteiger partial charge in [0.15, 0.2) is 11.5 Å². The van der Waals surface area contributed by atoms with E-state index in [-0.39, 0.29) is 0 Å². The number of aromatic nitrogens is 2. The van der Waals surface area contributed by atoms with Crippen LogP contribution in [0.5, 0.6) is 17.2 Å². The fraction of sp³-hybridized carbons (Fsp3) is 0.474. The van der Waals surface area contributed by atoms with Crippen LogP contribution in [0.25, 0.3) is 0 Å². The summed E-state index contributed by atoms with van der Waals surface area (Å²) in [5.74, 6) is 2.92. The monoisotopic (exact) mass is 375 g/mol. The highest BCUT2D eigenvalue weighted by Crippen LogP contribution is 2.40. The molecule has 1 aromatic heterocycles. The first-order valence-corrected chi connectivity index (χ1v) is 9.01. The molecule has 2 aromatic rings. The molecule has 8 nitrogen and oxygen atoms in total. The molecule has 0 aliphatic heterocycles. The van der Waals surface area contributed by atoms with Gasteiger partial charge in [-0.1, -0.05) is 13.8 Å². The van der Waals surface area contributed by atoms with Crippen LogP contribution in [-0.2, 0) is 0 Å². The van der Waals surface area contributed by atoms with Crippen LogP contribution in [0.15, 0.2) is 24.4 Å². The van der Waals surface area contributed by atoms with E-state index in [0.29, 0.717) is 23.2 Å². The SMILES string of the molecule is CCN(CC)CCNc1ccnc(Nc2cc(OC)c(OC)c(OC)c2)n1. The second kappa shape index (κ2) is 10.4. The molecule has 2 rings (SSSR count). The molecule has 0 bridgehead atoms. The number of methoxy groups -OCH3 is 3. The number of nitrogens with one attached hydrogen (secondary N) is 2. The van der Waals surface area contributed by atoms with Gasteiger partial charge in [-0.15, -0.1) is 0 Å². The summed E-state index contributed by atoms with van der Waals surface area (Å²) < 4.78 is 16.1. The average Bonchev–Trinajstić information content (AvgIpc) is 2.70. The Balaban J connectivity index is 2.09. The summed E-state index contributed by atoms with van der Waals surface area (Å²) in [7, 11) is 4.74. The molecule has 0 aliphatic rings. The van der Waals surface area contributed by atoms with Gasteiger partial charge in [-0.3, -0.25) is 0 Å². The van der Waals surface area contributed by atoms with Gasteiger partial charge in [-0.05, 0) is 19.2 Å². The van der Waals surface area contributed by atoms with Crippen molar-refractivity contribution >= 4 is 17.5 Å². The molecular weight excluding hydrogens is 346 g/mol. The van der Waals surface area contributed by atoms with E-state index in [1.807, 2.05) is 18.2 Å². The Labute approximate surface area is 160 Å². The van der Waals surface area contributed by atoms with Gasteiger partial charge in [0.05, 0.1) is 21.3 Å². The summed E-state index contributed by atoms with van der Waals surface area (Å²) in [6, 6.07) is 5.47. The molecule has 0 amide bonds. The molecule has 0 unspecified atom stereocenters. The molecule has 2 N–H and O–H groups in total. The molecule has 0 atom stereocenters. The molecular formula is C19H29N5O3. The van der Waals surface area contributed by atoms with Crippen molar-refractivity contribution in [2.24, 2.45) is 0 Å². The lowest BCUT2D eigenvalue weighted by Gasteiger charge is -2.18. The second-order valence-electron chi connectivity index (χ2n) is 5.76. The third-order valence-electron chi connectivity index (χ3n) is 4.21. The molecule has 27 heavy (non-hydrogen) atoms. The van der Waals surface area contributed by atoms with Crippen molar-refractivity contribution in [2.45, 2.75) is 13.8 Å². The minimum absolute atomic E-state index is 0.483. The van der Waals surface area contributed by atoms with Gasteiger partial charge in [-0.2, -0.15) is 4.98 Å². The Morgan fingerprint density at radius 3 is 2.22 bits per heavy atom. The third-order valence-corrected chi connectivity index (χ3v) is 4.21. The number of ether oxygens (including phenoxy) is 3. The molecule has 8 heteroatoms. The van der Waals surface area contributed by atoms with E-state index in [2.05, 4.69) is 39.3 Å². The number of hydrogen-bond acceptors (Lipinski definition) is 8. The summed E-state index contributed by atoms with van der Waals surface area (Å²) in [6.07, 6.45) is 1.72. The highest BCUT2D eigenvalue weighted by atomic mass is 16.5. The highest BCUT2D eigenvalue weighted by molar-refractivity contribution is 5.66. The maximum Gasteiger partial charge on any atom is 0.229 e. The van der Waals surface area contributed by atoms with Crippen LogP contribution in [0, 0.1) is 0 Å². The van der Waals surface area contributed by atoms with Crippen LogP contribution in [0.4, 0.5) is 17.5 Å². The first-order valence-electron chi connectivity index (χ1n) is 9.01. The van der Waals surface area contributed by atoms with Crippen molar-refractivity contribution in [2.75, 3.05) is 58.1 Å². The standard InChI is InChI=1S/C19H29N5O3/c1-6-24(7-2)11-10-20-17-8-9-21-19(23-17)22-14-12-15(25-3)18(27-5)16(13-14)26-4/h8-9,12-13H,6-7,10-11H2,1-5H3,(H2,20,21,22,23). The number of likely N-dealkylation sites (N-methyl/N-ethyl adjacent to an activating group) is 1. The number of anilines is 3. The van der Waals surface area contributed by atoms with Crippen LogP contribution < -0.4 is 24.8 Å². The highest BCUT2D eigenvalue weighted by Gasteiger charge is 2.14. The van der Waals surface area contributed by atoms with E-state index in [9.17, 15) is 0 Å². The smallest absolute Gasteiger partial charge is 0.229 e. The molecule has 0 saturated heterocycles. The number of rotatable bonds is 11. The largest absolute Gasteiger partial charge is 0.493 e. The van der Waals surface area contributed by atoms with Gasteiger partial charge in [0.2, 0.25) is 11.7 Å². The van der Waals surface area contributed by atoms with Crippen LogP contribution >= 0.6 is 0 Å². The molecule has 1 heterocycles. The van der Waals surface area contributed by atoms with E-state index < -0.39 is 0 Å². The predicted molar refractivity (Wildman–Crippen MR) is 108 cm³/mol. The van der Waals surface area contributed by atoms with Gasteiger partial charge >= 0.3 is 0 Å². The van der Waals surface area contributed by atoms with Crippen LogP contribution in [0.1, 0.15) is 13.8 Å². The normalized spacial score (nSPS) is 10.6. The van der Waals surface area contributed by atoms with Crippen molar-refractivity contribution in [1.29, 1.82) is 0 Å². The maximum absolute atomic E-state index is 5.37. The number of nitrogens with zero attached hydrogens (tertiary/aromatic N) is 3. The van der Waals surface area contributed by atoms with Gasteiger partial charge in [0, 0.05) is 37.1 Å². The Kier molecular flexibility index (Phi) is 7.94. The van der Waals surface area contributed by atoms with Gasteiger partial charge < -0.3 is 29.7 Å². The lowest BCUT2D eigenvalue weighted by Crippen LogP contribution is -2.28. The van der Waals surface area contributed by atoms with Gasteiger partial charge in [-0.25, -0.2) is 4.98 Å². The minimum atomic E-state index is 0.483. The molecule has 0 fully saturated rings. The van der Waals surface area contributed by atoms with Crippen molar-refractivity contribution in [3.8, 4) is 17.2 Å². The zero-order valence-electron chi connectivity index (χ0n) is 16.7. The summed E-state index contributed by atoms with van der Waals surface area (Å²) in [6.45, 7) is 8.18. The van der Waals surface area contributed by atoms with Crippen molar-refractivity contribution in [3.63, 3.8) is 0 Å². The lowest BCUT2D eigenvalue weighted by atomic mass is 10.2. The maximum atomic E-state index is 5.37. The molecule has 0 radical (unpaired) electrons. The summed E-state index contributed by atoms with van der Waals surface area (Å²) in [4.78, 5) is 11.1.